The summed E-state index contributed by atoms with van der Waals surface area (Å²) < 4.78 is 22.4. The van der Waals surface area contributed by atoms with Gasteiger partial charge in [-0.15, -0.1) is 11.3 Å². The van der Waals surface area contributed by atoms with Crippen molar-refractivity contribution in [3.63, 3.8) is 0 Å². The first-order valence-electron chi connectivity index (χ1n) is 7.61. The van der Waals surface area contributed by atoms with Crippen molar-refractivity contribution < 1.29 is 8.42 Å². The molecule has 1 aromatic heterocycles. The largest absolute Gasteiger partial charge is 0.354 e. The van der Waals surface area contributed by atoms with Crippen LogP contribution in [-0.2, 0) is 21.8 Å². The summed E-state index contributed by atoms with van der Waals surface area (Å²) in [4.78, 5) is 8.79. The Kier molecular flexibility index (Phi) is 7.01. The van der Waals surface area contributed by atoms with Crippen molar-refractivity contribution in [2.24, 2.45) is 4.99 Å². The quantitative estimate of drug-likeness (QED) is 0.598. The molecule has 0 bridgehead atoms. The molecule has 0 radical (unpaired) electrons. The van der Waals surface area contributed by atoms with Gasteiger partial charge < -0.3 is 10.6 Å². The summed E-state index contributed by atoms with van der Waals surface area (Å²) in [5, 5.41) is 9.50. The summed E-state index contributed by atoms with van der Waals surface area (Å²) in [5.74, 6) is 0.818. The van der Waals surface area contributed by atoms with Crippen molar-refractivity contribution in [3.8, 4) is 0 Å². The number of guanidine groups is 1. The van der Waals surface area contributed by atoms with E-state index < -0.39 is 9.84 Å². The van der Waals surface area contributed by atoms with Crippen LogP contribution in [0.3, 0.4) is 0 Å². The standard InChI is InChI=1S/C15H28N4O2S2/c1-11(7-8-23(6,20)21)18-14(16-5)17-9-13-19-12(10-22-13)15(2,3)4/h10-11H,7-9H2,1-6H3,(H2,16,17,18). The molecule has 0 saturated carbocycles. The smallest absolute Gasteiger partial charge is 0.191 e. The van der Waals surface area contributed by atoms with Crippen LogP contribution in [0.25, 0.3) is 0 Å². The Labute approximate surface area is 143 Å². The third-order valence-electron chi connectivity index (χ3n) is 3.26. The highest BCUT2D eigenvalue weighted by atomic mass is 32.2. The van der Waals surface area contributed by atoms with Crippen molar-refractivity contribution in [1.82, 2.24) is 15.6 Å². The zero-order chi connectivity index (χ0) is 17.7. The topological polar surface area (TPSA) is 83.4 Å². The fraction of sp³-hybridized carbons (Fsp3) is 0.733. The van der Waals surface area contributed by atoms with E-state index in [-0.39, 0.29) is 17.2 Å². The monoisotopic (exact) mass is 360 g/mol. The maximum Gasteiger partial charge on any atom is 0.191 e. The second kappa shape index (κ2) is 8.10. The van der Waals surface area contributed by atoms with Gasteiger partial charge in [0.2, 0.25) is 0 Å². The number of nitrogens with one attached hydrogen (secondary N) is 2. The van der Waals surface area contributed by atoms with Gasteiger partial charge >= 0.3 is 0 Å². The van der Waals surface area contributed by atoms with E-state index in [0.717, 1.165) is 10.7 Å². The number of thiazole rings is 1. The predicted octanol–water partition coefficient (Wildman–Crippen LogP) is 1.93. The molecule has 0 spiro atoms. The summed E-state index contributed by atoms with van der Waals surface area (Å²) in [6, 6.07) is 0.0253. The van der Waals surface area contributed by atoms with Crippen LogP contribution in [0.15, 0.2) is 10.4 Å². The molecule has 1 unspecified atom stereocenters. The van der Waals surface area contributed by atoms with Crippen LogP contribution in [0.4, 0.5) is 0 Å². The number of sulfone groups is 1. The van der Waals surface area contributed by atoms with Crippen LogP contribution in [0.2, 0.25) is 0 Å². The van der Waals surface area contributed by atoms with Gasteiger partial charge in [-0.05, 0) is 13.3 Å². The molecule has 8 heteroatoms. The van der Waals surface area contributed by atoms with E-state index in [1.54, 1.807) is 18.4 Å². The average molecular weight is 361 g/mol. The van der Waals surface area contributed by atoms with Crippen LogP contribution in [0.5, 0.6) is 0 Å². The Morgan fingerprint density at radius 1 is 1.43 bits per heavy atom. The van der Waals surface area contributed by atoms with Gasteiger partial charge in [-0.25, -0.2) is 13.4 Å². The summed E-state index contributed by atoms with van der Waals surface area (Å²) in [6.07, 6.45) is 1.80. The number of hydrogen-bond donors (Lipinski definition) is 2. The van der Waals surface area contributed by atoms with Crippen LogP contribution in [-0.4, -0.2) is 44.5 Å². The molecule has 0 aliphatic rings. The van der Waals surface area contributed by atoms with E-state index in [1.165, 1.54) is 6.26 Å². The van der Waals surface area contributed by atoms with Gasteiger partial charge in [-0.3, -0.25) is 4.99 Å². The first kappa shape index (κ1) is 19.9. The highest BCUT2D eigenvalue weighted by molar-refractivity contribution is 7.90. The summed E-state index contributed by atoms with van der Waals surface area (Å²) in [7, 11) is -1.24. The Morgan fingerprint density at radius 2 is 2.09 bits per heavy atom. The van der Waals surface area contributed by atoms with Gasteiger partial charge in [-0.2, -0.15) is 0 Å². The average Bonchev–Trinajstić information content (AvgIpc) is 2.89. The van der Waals surface area contributed by atoms with Gasteiger partial charge in [0.25, 0.3) is 0 Å². The number of hydrogen-bond acceptors (Lipinski definition) is 5. The number of rotatable bonds is 6. The number of nitrogens with zero attached hydrogens (tertiary/aromatic N) is 2. The molecular formula is C15H28N4O2S2. The van der Waals surface area contributed by atoms with Crippen LogP contribution >= 0.6 is 11.3 Å². The Morgan fingerprint density at radius 3 is 2.57 bits per heavy atom. The highest BCUT2D eigenvalue weighted by Crippen LogP contribution is 2.23. The molecule has 0 aliphatic heterocycles. The second-order valence-corrected chi connectivity index (χ2v) is 9.97. The molecular weight excluding hydrogens is 332 g/mol. The molecule has 1 heterocycles. The minimum Gasteiger partial charge on any atom is -0.354 e. The zero-order valence-electron chi connectivity index (χ0n) is 14.8. The Hall–Kier alpha value is -1.15. The van der Waals surface area contributed by atoms with E-state index >= 15 is 0 Å². The molecule has 0 amide bonds. The van der Waals surface area contributed by atoms with Crippen molar-refractivity contribution in [1.29, 1.82) is 0 Å². The Bertz CT molecular complexity index is 630. The van der Waals surface area contributed by atoms with Gasteiger partial charge in [0.05, 0.1) is 18.0 Å². The third kappa shape index (κ3) is 7.78. The molecule has 0 aromatic carbocycles. The summed E-state index contributed by atoms with van der Waals surface area (Å²) >= 11 is 1.63. The van der Waals surface area contributed by atoms with Crippen molar-refractivity contribution in [2.45, 2.75) is 52.1 Å². The third-order valence-corrected chi connectivity index (χ3v) is 5.08. The fourth-order valence-corrected chi connectivity index (χ4v) is 3.53. The highest BCUT2D eigenvalue weighted by Gasteiger charge is 2.17. The molecule has 23 heavy (non-hydrogen) atoms. The van der Waals surface area contributed by atoms with Gasteiger partial charge in [-0.1, -0.05) is 20.8 Å². The van der Waals surface area contributed by atoms with Crippen LogP contribution in [0.1, 0.15) is 44.8 Å². The van der Waals surface area contributed by atoms with Crippen LogP contribution < -0.4 is 10.6 Å². The van der Waals surface area contributed by atoms with Crippen molar-refractivity contribution in [2.75, 3.05) is 19.1 Å². The molecule has 2 N–H and O–H groups in total. The lowest BCUT2D eigenvalue weighted by Crippen LogP contribution is -2.42. The minimum absolute atomic E-state index is 0.0253. The normalized spacial score (nSPS) is 14.6. The van der Waals surface area contributed by atoms with E-state index in [1.807, 2.05) is 6.92 Å². The lowest BCUT2D eigenvalue weighted by molar-refractivity contribution is 0.569. The second-order valence-electron chi connectivity index (χ2n) is 6.77. The van der Waals surface area contributed by atoms with Gasteiger partial charge in [0.1, 0.15) is 14.8 Å². The summed E-state index contributed by atoms with van der Waals surface area (Å²) in [6.45, 7) is 8.97. The van der Waals surface area contributed by atoms with Crippen LogP contribution in [0, 0.1) is 0 Å². The maximum atomic E-state index is 11.2. The van der Waals surface area contributed by atoms with E-state index in [9.17, 15) is 8.42 Å². The van der Waals surface area contributed by atoms with Crippen molar-refractivity contribution >= 4 is 27.1 Å². The summed E-state index contributed by atoms with van der Waals surface area (Å²) in [5.41, 5.74) is 1.14. The minimum atomic E-state index is -2.94. The SMILES string of the molecule is CN=C(NCc1nc(C(C)(C)C)cs1)NC(C)CCS(C)(=O)=O. The molecule has 1 rings (SSSR count). The first-order valence-corrected chi connectivity index (χ1v) is 10.5. The molecule has 6 nitrogen and oxygen atoms in total. The lowest BCUT2D eigenvalue weighted by atomic mass is 9.93. The van der Waals surface area contributed by atoms with Gasteiger partial charge in [0.15, 0.2) is 5.96 Å². The molecule has 132 valence electrons. The maximum absolute atomic E-state index is 11.2. The number of aromatic nitrogens is 1. The van der Waals surface area contributed by atoms with E-state index in [2.05, 4.69) is 46.8 Å². The first-order chi connectivity index (χ1) is 10.5. The lowest BCUT2D eigenvalue weighted by Gasteiger charge is -2.17. The van der Waals surface area contributed by atoms with E-state index in [0.29, 0.717) is 18.9 Å². The van der Waals surface area contributed by atoms with Crippen molar-refractivity contribution in [3.05, 3.63) is 16.1 Å². The Balaban J connectivity index is 2.50. The molecule has 0 saturated heterocycles. The van der Waals surface area contributed by atoms with E-state index in [4.69, 9.17) is 0 Å². The number of aliphatic imine (C=N–C) groups is 1. The molecule has 1 aromatic rings. The fourth-order valence-electron chi connectivity index (χ4n) is 1.79. The molecule has 0 fully saturated rings. The predicted molar refractivity (Wildman–Crippen MR) is 97.9 cm³/mol. The molecule has 0 aliphatic carbocycles. The van der Waals surface area contributed by atoms with Gasteiger partial charge in [0, 0.05) is 30.1 Å². The molecule has 1 atom stereocenters. The zero-order valence-corrected chi connectivity index (χ0v) is 16.4.